The topological polar surface area (TPSA) is 50.4 Å². The number of hydrogen-bond acceptors (Lipinski definition) is 3. The number of carbonyl (C=O) groups is 1. The van der Waals surface area contributed by atoms with Crippen LogP contribution in [-0.2, 0) is 0 Å². The van der Waals surface area contributed by atoms with E-state index < -0.39 is 0 Å². The van der Waals surface area contributed by atoms with Gasteiger partial charge in [-0.3, -0.25) is 4.79 Å². The van der Waals surface area contributed by atoms with Gasteiger partial charge < -0.3 is 15.4 Å². The number of anilines is 2. The lowest BCUT2D eigenvalue weighted by Crippen LogP contribution is -2.12. The van der Waals surface area contributed by atoms with Crippen molar-refractivity contribution in [2.75, 3.05) is 24.3 Å². The Morgan fingerprint density at radius 1 is 1.14 bits per heavy atom. The van der Waals surface area contributed by atoms with Crippen LogP contribution in [0, 0.1) is 6.92 Å². The van der Waals surface area contributed by atoms with Gasteiger partial charge in [-0.2, -0.15) is 0 Å². The first-order valence-corrected chi connectivity index (χ1v) is 6.94. The first-order chi connectivity index (χ1) is 10.1. The highest BCUT2D eigenvalue weighted by atomic mass is 16.5. The van der Waals surface area contributed by atoms with E-state index in [1.165, 1.54) is 0 Å². The van der Waals surface area contributed by atoms with Crippen LogP contribution < -0.4 is 15.4 Å². The van der Waals surface area contributed by atoms with Gasteiger partial charge >= 0.3 is 0 Å². The Hall–Kier alpha value is -2.49. The zero-order valence-corrected chi connectivity index (χ0v) is 12.6. The molecule has 0 radical (unpaired) electrons. The average molecular weight is 284 g/mol. The Morgan fingerprint density at radius 2 is 1.86 bits per heavy atom. The van der Waals surface area contributed by atoms with Crippen molar-refractivity contribution in [1.82, 2.24) is 0 Å². The molecule has 0 atom stereocenters. The SMILES string of the molecule is CCNc1ccc(C(=O)Nc2ccc(OC)cc2)cc1C. The predicted octanol–water partition coefficient (Wildman–Crippen LogP) is 3.69. The van der Waals surface area contributed by atoms with Crippen molar-refractivity contribution < 1.29 is 9.53 Å². The third-order valence-corrected chi connectivity index (χ3v) is 3.20. The second kappa shape index (κ2) is 6.79. The van der Waals surface area contributed by atoms with Crippen molar-refractivity contribution >= 4 is 17.3 Å². The van der Waals surface area contributed by atoms with Crippen LogP contribution in [0.25, 0.3) is 0 Å². The van der Waals surface area contributed by atoms with Gasteiger partial charge in [0.15, 0.2) is 0 Å². The van der Waals surface area contributed by atoms with E-state index in [9.17, 15) is 4.79 Å². The van der Waals surface area contributed by atoms with Gasteiger partial charge in [0, 0.05) is 23.5 Å². The first-order valence-electron chi connectivity index (χ1n) is 6.94. The van der Waals surface area contributed by atoms with Crippen LogP contribution >= 0.6 is 0 Å². The van der Waals surface area contributed by atoms with Crippen molar-refractivity contribution in [1.29, 1.82) is 0 Å². The van der Waals surface area contributed by atoms with E-state index >= 15 is 0 Å². The molecule has 2 aromatic carbocycles. The Balaban J connectivity index is 2.10. The Kier molecular flexibility index (Phi) is 4.82. The van der Waals surface area contributed by atoms with Crippen LogP contribution in [0.2, 0.25) is 0 Å². The summed E-state index contributed by atoms with van der Waals surface area (Å²) in [6.45, 7) is 4.89. The summed E-state index contributed by atoms with van der Waals surface area (Å²) in [4.78, 5) is 12.2. The quantitative estimate of drug-likeness (QED) is 0.880. The minimum absolute atomic E-state index is 0.119. The summed E-state index contributed by atoms with van der Waals surface area (Å²) in [5, 5.41) is 6.13. The summed E-state index contributed by atoms with van der Waals surface area (Å²) in [6.07, 6.45) is 0. The van der Waals surface area contributed by atoms with Gasteiger partial charge in [-0.1, -0.05) is 0 Å². The van der Waals surface area contributed by atoms with E-state index in [1.807, 2.05) is 56.3 Å². The number of aryl methyl sites for hydroxylation is 1. The van der Waals surface area contributed by atoms with Crippen LogP contribution in [0.15, 0.2) is 42.5 Å². The highest BCUT2D eigenvalue weighted by molar-refractivity contribution is 6.04. The van der Waals surface area contributed by atoms with Crippen LogP contribution in [0.1, 0.15) is 22.8 Å². The van der Waals surface area contributed by atoms with Gasteiger partial charge in [-0.15, -0.1) is 0 Å². The van der Waals surface area contributed by atoms with E-state index in [2.05, 4.69) is 10.6 Å². The third-order valence-electron chi connectivity index (χ3n) is 3.20. The molecule has 0 bridgehead atoms. The maximum Gasteiger partial charge on any atom is 0.255 e. The summed E-state index contributed by atoms with van der Waals surface area (Å²) in [5.41, 5.74) is 3.50. The second-order valence-corrected chi connectivity index (χ2v) is 4.74. The molecule has 110 valence electrons. The van der Waals surface area contributed by atoms with E-state index in [4.69, 9.17) is 4.74 Å². The smallest absolute Gasteiger partial charge is 0.255 e. The molecule has 4 nitrogen and oxygen atoms in total. The molecule has 0 aromatic heterocycles. The molecule has 0 fully saturated rings. The number of rotatable bonds is 5. The van der Waals surface area contributed by atoms with Gasteiger partial charge in [0.05, 0.1) is 7.11 Å². The zero-order chi connectivity index (χ0) is 15.2. The molecule has 0 saturated carbocycles. The van der Waals surface area contributed by atoms with Crippen molar-refractivity contribution in [3.63, 3.8) is 0 Å². The summed E-state index contributed by atoms with van der Waals surface area (Å²) in [6, 6.07) is 12.9. The fourth-order valence-corrected chi connectivity index (χ4v) is 2.07. The van der Waals surface area contributed by atoms with Crippen LogP contribution in [-0.4, -0.2) is 19.6 Å². The van der Waals surface area contributed by atoms with E-state index in [0.29, 0.717) is 5.56 Å². The van der Waals surface area contributed by atoms with Crippen molar-refractivity contribution in [2.45, 2.75) is 13.8 Å². The predicted molar refractivity (Wildman–Crippen MR) is 86.3 cm³/mol. The summed E-state index contributed by atoms with van der Waals surface area (Å²) >= 11 is 0. The molecule has 0 aliphatic heterocycles. The average Bonchev–Trinajstić information content (AvgIpc) is 2.50. The maximum atomic E-state index is 12.2. The molecule has 4 heteroatoms. The molecular weight excluding hydrogens is 264 g/mol. The zero-order valence-electron chi connectivity index (χ0n) is 12.6. The number of hydrogen-bond donors (Lipinski definition) is 2. The van der Waals surface area contributed by atoms with Crippen LogP contribution in [0.3, 0.4) is 0 Å². The van der Waals surface area contributed by atoms with Gasteiger partial charge in [0.25, 0.3) is 5.91 Å². The lowest BCUT2D eigenvalue weighted by atomic mass is 10.1. The van der Waals surface area contributed by atoms with Crippen molar-refractivity contribution in [3.8, 4) is 5.75 Å². The van der Waals surface area contributed by atoms with Crippen LogP contribution in [0.5, 0.6) is 5.75 Å². The molecule has 0 saturated heterocycles. The first kappa shape index (κ1) is 14.9. The van der Waals surface area contributed by atoms with E-state index in [-0.39, 0.29) is 5.91 Å². The Morgan fingerprint density at radius 3 is 2.43 bits per heavy atom. The molecule has 0 unspecified atom stereocenters. The van der Waals surface area contributed by atoms with Gasteiger partial charge in [-0.05, 0) is 61.9 Å². The molecule has 0 aliphatic rings. The minimum atomic E-state index is -0.119. The normalized spacial score (nSPS) is 10.0. The lowest BCUT2D eigenvalue weighted by molar-refractivity contribution is 0.102. The Labute approximate surface area is 125 Å². The number of amides is 1. The molecule has 0 heterocycles. The van der Waals surface area contributed by atoms with E-state index in [0.717, 1.165) is 29.2 Å². The van der Waals surface area contributed by atoms with Gasteiger partial charge in [0.2, 0.25) is 0 Å². The summed E-state index contributed by atoms with van der Waals surface area (Å²) in [7, 11) is 1.61. The lowest BCUT2D eigenvalue weighted by Gasteiger charge is -2.10. The van der Waals surface area contributed by atoms with E-state index in [1.54, 1.807) is 7.11 Å². The number of ether oxygens (including phenoxy) is 1. The molecular formula is C17H20N2O2. The molecule has 21 heavy (non-hydrogen) atoms. The fraction of sp³-hybridized carbons (Fsp3) is 0.235. The molecule has 2 rings (SSSR count). The highest BCUT2D eigenvalue weighted by Crippen LogP contribution is 2.19. The maximum absolute atomic E-state index is 12.2. The number of nitrogens with one attached hydrogen (secondary N) is 2. The largest absolute Gasteiger partial charge is 0.497 e. The molecule has 2 aromatic rings. The molecule has 0 spiro atoms. The molecule has 1 amide bonds. The number of carbonyl (C=O) groups excluding carboxylic acids is 1. The Bertz CT molecular complexity index is 621. The number of benzene rings is 2. The molecule has 2 N–H and O–H groups in total. The number of methoxy groups -OCH3 is 1. The van der Waals surface area contributed by atoms with Crippen molar-refractivity contribution in [3.05, 3.63) is 53.6 Å². The highest BCUT2D eigenvalue weighted by Gasteiger charge is 2.08. The monoisotopic (exact) mass is 284 g/mol. The van der Waals surface area contributed by atoms with Crippen molar-refractivity contribution in [2.24, 2.45) is 0 Å². The van der Waals surface area contributed by atoms with Crippen LogP contribution in [0.4, 0.5) is 11.4 Å². The summed E-state index contributed by atoms with van der Waals surface area (Å²) in [5.74, 6) is 0.644. The molecule has 0 aliphatic carbocycles. The van der Waals surface area contributed by atoms with Gasteiger partial charge in [0.1, 0.15) is 5.75 Å². The minimum Gasteiger partial charge on any atom is -0.497 e. The standard InChI is InChI=1S/C17H20N2O2/c1-4-18-16-10-5-13(11-12(16)2)17(20)19-14-6-8-15(21-3)9-7-14/h5-11,18H,4H2,1-3H3,(H,19,20). The van der Waals surface area contributed by atoms with Gasteiger partial charge in [-0.25, -0.2) is 0 Å². The second-order valence-electron chi connectivity index (χ2n) is 4.74. The fourth-order valence-electron chi connectivity index (χ4n) is 2.07. The third kappa shape index (κ3) is 3.75. The summed E-state index contributed by atoms with van der Waals surface area (Å²) < 4.78 is 5.09.